The van der Waals surface area contributed by atoms with E-state index in [1.807, 2.05) is 23.1 Å². The van der Waals surface area contributed by atoms with Gasteiger partial charge >= 0.3 is 0 Å². The number of carbonyl (C=O) groups is 1. The Balaban J connectivity index is 1.55. The van der Waals surface area contributed by atoms with Crippen molar-refractivity contribution in [1.82, 2.24) is 4.90 Å². The van der Waals surface area contributed by atoms with Gasteiger partial charge in [0.25, 0.3) is 0 Å². The number of ether oxygens (including phenoxy) is 3. The Morgan fingerprint density at radius 3 is 2.34 bits per heavy atom. The van der Waals surface area contributed by atoms with E-state index in [9.17, 15) is 15.0 Å². The number of aliphatic hydroxyl groups is 2. The van der Waals surface area contributed by atoms with E-state index in [4.69, 9.17) is 24.2 Å². The van der Waals surface area contributed by atoms with Crippen LogP contribution in [0.5, 0.6) is 11.5 Å². The van der Waals surface area contributed by atoms with E-state index in [0.29, 0.717) is 32.4 Å². The molecule has 10 heteroatoms. The summed E-state index contributed by atoms with van der Waals surface area (Å²) >= 11 is 1.77. The number of aliphatic hydroxyl groups excluding tert-OH is 2. The van der Waals surface area contributed by atoms with Crippen molar-refractivity contribution in [3.63, 3.8) is 0 Å². The molecular formula is C51H76N2O7S. The van der Waals surface area contributed by atoms with E-state index >= 15 is 0 Å². The molecule has 1 amide bonds. The number of thioether (sulfide) groups is 1. The van der Waals surface area contributed by atoms with Crippen LogP contribution in [0.15, 0.2) is 82.9 Å². The maximum Gasteiger partial charge on any atom is 0.239 e. The van der Waals surface area contributed by atoms with Crippen LogP contribution in [0.2, 0.25) is 0 Å². The molecule has 0 bridgehead atoms. The van der Waals surface area contributed by atoms with Gasteiger partial charge in [-0.15, -0.1) is 18.3 Å². The number of fused-ring (bicyclic) bond motifs is 2. The summed E-state index contributed by atoms with van der Waals surface area (Å²) in [6.45, 7) is 10.1. The molecule has 2 aromatic carbocycles. The first-order chi connectivity index (χ1) is 30.0. The highest BCUT2D eigenvalue weighted by molar-refractivity contribution is 7.99. The molecule has 338 valence electrons. The second kappa shape index (κ2) is 26.3. The molecule has 0 spiro atoms. The molecule has 2 aromatic rings. The maximum atomic E-state index is 14.6. The molecule has 1 heterocycles. The number of unbranched alkanes of at least 4 members (excludes halogenated alkanes) is 10. The summed E-state index contributed by atoms with van der Waals surface area (Å²) in [4.78, 5) is 23.5. The van der Waals surface area contributed by atoms with Crippen molar-refractivity contribution in [2.75, 3.05) is 45.8 Å². The first kappa shape index (κ1) is 48.7. The Bertz CT molecular complexity index is 1670. The Kier molecular flexibility index (Phi) is 21.0. The van der Waals surface area contributed by atoms with Gasteiger partial charge in [-0.2, -0.15) is 0 Å². The number of hydrogen-bond acceptors (Lipinski definition) is 9. The highest BCUT2D eigenvalue weighted by Crippen LogP contribution is 2.62. The van der Waals surface area contributed by atoms with Gasteiger partial charge in [0.1, 0.15) is 24.7 Å². The largest absolute Gasteiger partial charge is 0.493 e. The molecule has 2 N–H and O–H groups in total. The van der Waals surface area contributed by atoms with Crippen molar-refractivity contribution >= 4 is 23.4 Å². The fourth-order valence-corrected chi connectivity index (χ4v) is 10.9. The first-order valence-corrected chi connectivity index (χ1v) is 24.7. The molecule has 1 fully saturated rings. The normalized spacial score (nSPS) is 23.4. The second-order valence-electron chi connectivity index (χ2n) is 17.1. The number of hydrogen-bond donors (Lipinski definition) is 2. The predicted molar refractivity (Wildman–Crippen MR) is 248 cm³/mol. The van der Waals surface area contributed by atoms with E-state index < -0.39 is 11.8 Å². The van der Waals surface area contributed by atoms with Gasteiger partial charge in [-0.05, 0) is 86.3 Å². The van der Waals surface area contributed by atoms with Gasteiger partial charge in [0.05, 0.1) is 24.8 Å². The van der Waals surface area contributed by atoms with Crippen LogP contribution in [-0.4, -0.2) is 84.4 Å². The molecule has 0 aromatic heterocycles. The van der Waals surface area contributed by atoms with Crippen LogP contribution in [-0.2, 0) is 14.4 Å². The van der Waals surface area contributed by atoms with E-state index in [0.717, 1.165) is 91.9 Å². The number of benzene rings is 2. The lowest BCUT2D eigenvalue weighted by atomic mass is 9.55. The van der Waals surface area contributed by atoms with E-state index in [1.54, 1.807) is 24.9 Å². The number of carbonyl (C=O) groups excluding carboxylic acids is 1. The smallest absolute Gasteiger partial charge is 0.239 e. The molecule has 0 saturated heterocycles. The van der Waals surface area contributed by atoms with Gasteiger partial charge in [0, 0.05) is 54.7 Å². The van der Waals surface area contributed by atoms with Gasteiger partial charge in [0.15, 0.2) is 0 Å². The zero-order valence-electron chi connectivity index (χ0n) is 37.6. The summed E-state index contributed by atoms with van der Waals surface area (Å²) in [6.07, 6.45) is 21.6. The topological polar surface area (TPSA) is 110 Å². The van der Waals surface area contributed by atoms with Gasteiger partial charge < -0.3 is 34.2 Å². The van der Waals surface area contributed by atoms with E-state index in [1.165, 1.54) is 43.4 Å². The zero-order chi connectivity index (χ0) is 43.3. The fourth-order valence-electron chi connectivity index (χ4n) is 10.1. The van der Waals surface area contributed by atoms with Gasteiger partial charge in [-0.3, -0.25) is 4.79 Å². The van der Waals surface area contributed by atoms with Gasteiger partial charge in [-0.25, -0.2) is 0 Å². The minimum atomic E-state index is -1.23. The molecular weight excluding hydrogens is 785 g/mol. The number of nitrogens with zero attached hydrogens (tertiary/aromatic N) is 2. The zero-order valence-corrected chi connectivity index (χ0v) is 38.4. The van der Waals surface area contributed by atoms with Crippen molar-refractivity contribution in [1.29, 1.82) is 0 Å². The van der Waals surface area contributed by atoms with Crippen LogP contribution < -0.4 is 9.47 Å². The predicted octanol–water partition coefficient (Wildman–Crippen LogP) is 11.3. The van der Waals surface area contributed by atoms with Crippen LogP contribution in [0.1, 0.15) is 141 Å². The summed E-state index contributed by atoms with van der Waals surface area (Å²) in [5, 5.41) is 24.5. The Morgan fingerprint density at radius 1 is 0.934 bits per heavy atom. The first-order valence-electron chi connectivity index (χ1n) is 23.7. The van der Waals surface area contributed by atoms with Gasteiger partial charge in [0.2, 0.25) is 11.7 Å². The number of oxime groups is 1. The summed E-state index contributed by atoms with van der Waals surface area (Å²) in [5.74, 6) is 1.20. The SMILES string of the molecule is C=CCOC12Oc3ccc(OCCSc4ccccc4)cc3C3C(CCCCO)C(CCCCO)C=C(C(=NOC)CC1N(CCC)C(=O)CCCCCCCCCCC)C32. The summed E-state index contributed by atoms with van der Waals surface area (Å²) in [7, 11) is 1.60. The Labute approximate surface area is 371 Å². The van der Waals surface area contributed by atoms with E-state index in [2.05, 4.69) is 56.8 Å². The van der Waals surface area contributed by atoms with Crippen LogP contribution in [0.4, 0.5) is 0 Å². The fraction of sp³-hybridized carbons (Fsp3) is 0.647. The van der Waals surface area contributed by atoms with Crippen molar-refractivity contribution in [3.05, 3.63) is 78.4 Å². The average molecular weight is 861 g/mol. The lowest BCUT2D eigenvalue weighted by Gasteiger charge is -2.60. The second-order valence-corrected chi connectivity index (χ2v) is 18.3. The van der Waals surface area contributed by atoms with Crippen LogP contribution >= 0.6 is 11.8 Å². The van der Waals surface area contributed by atoms with Crippen LogP contribution in [0.3, 0.4) is 0 Å². The van der Waals surface area contributed by atoms with Crippen molar-refractivity contribution in [2.24, 2.45) is 22.9 Å². The Morgan fingerprint density at radius 2 is 1.66 bits per heavy atom. The number of allylic oxidation sites excluding steroid dienone is 1. The minimum Gasteiger partial charge on any atom is -0.493 e. The summed E-state index contributed by atoms with van der Waals surface area (Å²) < 4.78 is 21.0. The highest BCUT2D eigenvalue weighted by Gasteiger charge is 2.65. The monoisotopic (exact) mass is 861 g/mol. The molecule has 9 nitrogen and oxygen atoms in total. The maximum absolute atomic E-state index is 14.6. The highest BCUT2D eigenvalue weighted by atomic mass is 32.2. The molecule has 61 heavy (non-hydrogen) atoms. The third kappa shape index (κ3) is 13.1. The third-order valence-electron chi connectivity index (χ3n) is 12.9. The van der Waals surface area contributed by atoms with Gasteiger partial charge in [-0.1, -0.05) is 114 Å². The Hall–Kier alpha value is -3.31. The molecule has 5 rings (SSSR count). The lowest BCUT2D eigenvalue weighted by molar-refractivity contribution is -0.257. The minimum absolute atomic E-state index is 0.0746. The molecule has 1 saturated carbocycles. The third-order valence-corrected chi connectivity index (χ3v) is 13.8. The molecule has 6 atom stereocenters. The van der Waals surface area contributed by atoms with Crippen LogP contribution in [0.25, 0.3) is 0 Å². The quantitative estimate of drug-likeness (QED) is 0.0346. The summed E-state index contributed by atoms with van der Waals surface area (Å²) in [6, 6.07) is 16.1. The van der Waals surface area contributed by atoms with Crippen LogP contribution in [0, 0.1) is 17.8 Å². The molecule has 0 radical (unpaired) electrons. The molecule has 6 unspecified atom stereocenters. The molecule has 3 aliphatic rings. The van der Waals surface area contributed by atoms with Crippen molar-refractivity contribution < 1.29 is 34.1 Å². The summed E-state index contributed by atoms with van der Waals surface area (Å²) in [5.41, 5.74) is 2.96. The lowest BCUT2D eigenvalue weighted by Crippen LogP contribution is -2.70. The molecule has 2 aliphatic carbocycles. The number of rotatable bonds is 30. The van der Waals surface area contributed by atoms with E-state index in [-0.39, 0.29) is 49.4 Å². The molecule has 1 aliphatic heterocycles. The number of amides is 1. The average Bonchev–Trinajstić information content (AvgIpc) is 3.27. The van der Waals surface area contributed by atoms with Crippen molar-refractivity contribution in [3.8, 4) is 11.5 Å². The van der Waals surface area contributed by atoms with Crippen molar-refractivity contribution in [2.45, 2.75) is 152 Å². The standard InChI is InChI=1S/C51H76N2O7S/c1-5-8-9-10-11-12-13-14-18-27-48(56)53(30-6-2)47-38-45(52-57-4)43-36-39(23-19-21-31-54)42(26-20-22-32-55)49-44-37-40(58-34-35-61-41-24-16-15-17-25-41)28-29-46(44)60-51(47,50(43)49)59-33-7-3/h7,15-17,24-25,28-29,36-37,39,42,47,49-50,54-55H,3,5-6,8-14,18-23,26-27,30-35,38H2,1-2,4H3.